The lowest BCUT2D eigenvalue weighted by Gasteiger charge is -2.25. The third-order valence-corrected chi connectivity index (χ3v) is 6.09. The van der Waals surface area contributed by atoms with Crippen LogP contribution in [0.5, 0.6) is 0 Å². The van der Waals surface area contributed by atoms with Crippen LogP contribution in [-0.4, -0.2) is 27.3 Å². The molecule has 3 aromatic rings. The molecule has 4 rings (SSSR count). The lowest BCUT2D eigenvalue weighted by Crippen LogP contribution is -2.32. The first-order valence-corrected chi connectivity index (χ1v) is 10.8. The Bertz CT molecular complexity index is 1020. The molecule has 150 valence electrons. The molecule has 2 aromatic heterocycles. The number of hydrogen-bond acceptors (Lipinski definition) is 4. The molecule has 1 fully saturated rings. The van der Waals surface area contributed by atoms with E-state index in [1.54, 1.807) is 11.3 Å². The maximum Gasteiger partial charge on any atom is 0.229 e. The van der Waals surface area contributed by atoms with Gasteiger partial charge in [-0.2, -0.15) is 0 Å². The number of hydrogen-bond donors (Lipinski definition) is 0. The third-order valence-electron chi connectivity index (χ3n) is 5.27. The van der Waals surface area contributed by atoms with Gasteiger partial charge in [0.05, 0.1) is 28.9 Å². The Morgan fingerprint density at radius 1 is 1.17 bits per heavy atom. The van der Waals surface area contributed by atoms with E-state index in [1.807, 2.05) is 36.3 Å². The number of thiazole rings is 1. The molecule has 6 heteroatoms. The standard InChI is InChI=1S/C23H24FN3OS/c1-15-10-18(11-17-5-7-19(24)8-6-17)12-21(25-15)22-4-3-9-27(22)23(28)13-20-14-29-16(2)26-20/h5-8,10,12,14,22H,3-4,9,11,13H2,1-2H3. The fraction of sp³-hybridized carbons (Fsp3) is 0.348. The molecule has 0 bridgehead atoms. The minimum atomic E-state index is -0.226. The highest BCUT2D eigenvalue weighted by Crippen LogP contribution is 2.32. The first-order chi connectivity index (χ1) is 14.0. The van der Waals surface area contributed by atoms with Gasteiger partial charge in [0.25, 0.3) is 0 Å². The van der Waals surface area contributed by atoms with Crippen LogP contribution in [-0.2, 0) is 17.6 Å². The molecule has 0 radical (unpaired) electrons. The SMILES string of the molecule is Cc1cc(Cc2ccc(F)cc2)cc(C2CCCN2C(=O)Cc2csc(C)n2)n1. The van der Waals surface area contributed by atoms with E-state index in [2.05, 4.69) is 17.1 Å². The van der Waals surface area contributed by atoms with Crippen molar-refractivity contribution in [3.63, 3.8) is 0 Å². The molecule has 1 atom stereocenters. The van der Waals surface area contributed by atoms with Gasteiger partial charge in [-0.25, -0.2) is 9.37 Å². The lowest BCUT2D eigenvalue weighted by atomic mass is 10.0. The summed E-state index contributed by atoms with van der Waals surface area (Å²) in [5.74, 6) is -0.114. The second-order valence-corrected chi connectivity index (χ2v) is 8.69. The van der Waals surface area contributed by atoms with Gasteiger partial charge in [0, 0.05) is 17.6 Å². The van der Waals surface area contributed by atoms with Crippen molar-refractivity contribution >= 4 is 17.2 Å². The number of nitrogens with zero attached hydrogens (tertiary/aromatic N) is 3. The van der Waals surface area contributed by atoms with Crippen LogP contribution in [0.15, 0.2) is 41.8 Å². The molecule has 1 unspecified atom stereocenters. The zero-order chi connectivity index (χ0) is 20.4. The summed E-state index contributed by atoms with van der Waals surface area (Å²) < 4.78 is 13.2. The van der Waals surface area contributed by atoms with Gasteiger partial charge < -0.3 is 4.90 Å². The maximum atomic E-state index is 13.2. The number of rotatable bonds is 5. The fourth-order valence-corrected chi connectivity index (χ4v) is 4.61. The highest BCUT2D eigenvalue weighted by atomic mass is 32.1. The van der Waals surface area contributed by atoms with Gasteiger partial charge in [-0.15, -0.1) is 11.3 Å². The number of aromatic nitrogens is 2. The molecule has 0 N–H and O–H groups in total. The largest absolute Gasteiger partial charge is 0.334 e. The Morgan fingerprint density at radius 2 is 1.97 bits per heavy atom. The summed E-state index contributed by atoms with van der Waals surface area (Å²) in [6.07, 6.45) is 2.97. The number of halogens is 1. The summed E-state index contributed by atoms with van der Waals surface area (Å²) in [7, 11) is 0. The predicted molar refractivity (Wildman–Crippen MR) is 112 cm³/mol. The van der Waals surface area contributed by atoms with Crippen LogP contribution in [0.25, 0.3) is 0 Å². The van der Waals surface area contributed by atoms with E-state index in [0.717, 1.165) is 59.0 Å². The van der Waals surface area contributed by atoms with Crippen molar-refractivity contribution in [2.75, 3.05) is 6.54 Å². The number of aryl methyl sites for hydroxylation is 2. The van der Waals surface area contributed by atoms with E-state index in [-0.39, 0.29) is 17.8 Å². The summed E-state index contributed by atoms with van der Waals surface area (Å²) in [5, 5.41) is 2.95. The molecule has 1 aromatic carbocycles. The molecule has 0 saturated carbocycles. The van der Waals surface area contributed by atoms with Crippen molar-refractivity contribution in [1.29, 1.82) is 0 Å². The normalized spacial score (nSPS) is 16.4. The maximum absolute atomic E-state index is 13.2. The Morgan fingerprint density at radius 3 is 2.69 bits per heavy atom. The molecular weight excluding hydrogens is 385 g/mol. The van der Waals surface area contributed by atoms with Crippen molar-refractivity contribution in [2.24, 2.45) is 0 Å². The van der Waals surface area contributed by atoms with Crippen molar-refractivity contribution in [1.82, 2.24) is 14.9 Å². The topological polar surface area (TPSA) is 46.1 Å². The predicted octanol–water partition coefficient (Wildman–Crippen LogP) is 4.79. The van der Waals surface area contributed by atoms with E-state index < -0.39 is 0 Å². The highest BCUT2D eigenvalue weighted by Gasteiger charge is 2.31. The van der Waals surface area contributed by atoms with Gasteiger partial charge >= 0.3 is 0 Å². The summed E-state index contributed by atoms with van der Waals surface area (Å²) >= 11 is 1.57. The Kier molecular flexibility index (Phi) is 5.72. The van der Waals surface area contributed by atoms with Gasteiger partial charge in [-0.05, 0) is 68.5 Å². The van der Waals surface area contributed by atoms with Gasteiger partial charge in [-0.3, -0.25) is 9.78 Å². The molecule has 1 aliphatic heterocycles. The first kappa shape index (κ1) is 19.7. The summed E-state index contributed by atoms with van der Waals surface area (Å²) in [4.78, 5) is 24.1. The summed E-state index contributed by atoms with van der Waals surface area (Å²) in [5.41, 5.74) is 4.92. The molecule has 0 aliphatic carbocycles. The van der Waals surface area contributed by atoms with Crippen LogP contribution in [0.1, 0.15) is 52.1 Å². The third kappa shape index (κ3) is 4.70. The minimum Gasteiger partial charge on any atom is -0.334 e. The Labute approximate surface area is 174 Å². The van der Waals surface area contributed by atoms with E-state index in [4.69, 9.17) is 4.98 Å². The highest BCUT2D eigenvalue weighted by molar-refractivity contribution is 7.09. The number of carbonyl (C=O) groups is 1. The Balaban J connectivity index is 1.53. The second-order valence-electron chi connectivity index (χ2n) is 7.62. The van der Waals surface area contributed by atoms with Crippen molar-refractivity contribution < 1.29 is 9.18 Å². The van der Waals surface area contributed by atoms with Gasteiger partial charge in [-0.1, -0.05) is 12.1 Å². The van der Waals surface area contributed by atoms with Crippen LogP contribution < -0.4 is 0 Å². The minimum absolute atomic E-state index is 0.00843. The smallest absolute Gasteiger partial charge is 0.229 e. The Hall–Kier alpha value is -2.60. The molecule has 1 aliphatic rings. The van der Waals surface area contributed by atoms with Crippen LogP contribution in [0.4, 0.5) is 4.39 Å². The zero-order valence-electron chi connectivity index (χ0n) is 16.7. The molecule has 29 heavy (non-hydrogen) atoms. The van der Waals surface area contributed by atoms with Crippen LogP contribution in [0.3, 0.4) is 0 Å². The number of benzene rings is 1. The first-order valence-electron chi connectivity index (χ1n) is 9.90. The number of pyridine rings is 1. The van der Waals surface area contributed by atoms with Crippen LogP contribution in [0, 0.1) is 19.7 Å². The molecule has 1 amide bonds. The lowest BCUT2D eigenvalue weighted by molar-refractivity contribution is -0.131. The quantitative estimate of drug-likeness (QED) is 0.609. The molecule has 1 saturated heterocycles. The van der Waals surface area contributed by atoms with Crippen LogP contribution >= 0.6 is 11.3 Å². The number of amides is 1. The van der Waals surface area contributed by atoms with Crippen molar-refractivity contribution in [3.8, 4) is 0 Å². The van der Waals surface area contributed by atoms with Gasteiger partial charge in [0.1, 0.15) is 5.82 Å². The zero-order valence-corrected chi connectivity index (χ0v) is 17.5. The molecule has 0 spiro atoms. The number of likely N-dealkylation sites (tertiary alicyclic amines) is 1. The van der Waals surface area contributed by atoms with Gasteiger partial charge in [0.2, 0.25) is 5.91 Å². The number of carbonyl (C=O) groups excluding carboxylic acids is 1. The van der Waals surface area contributed by atoms with Crippen molar-refractivity contribution in [2.45, 2.75) is 45.6 Å². The van der Waals surface area contributed by atoms with E-state index in [9.17, 15) is 9.18 Å². The molecular formula is C23H24FN3OS. The fourth-order valence-electron chi connectivity index (χ4n) is 4.00. The van der Waals surface area contributed by atoms with E-state index in [0.29, 0.717) is 6.42 Å². The monoisotopic (exact) mass is 409 g/mol. The van der Waals surface area contributed by atoms with E-state index in [1.165, 1.54) is 12.1 Å². The molecule has 4 nitrogen and oxygen atoms in total. The van der Waals surface area contributed by atoms with Crippen LogP contribution in [0.2, 0.25) is 0 Å². The summed E-state index contributed by atoms with van der Waals surface area (Å²) in [6, 6.07) is 10.8. The summed E-state index contributed by atoms with van der Waals surface area (Å²) in [6.45, 7) is 4.70. The second kappa shape index (κ2) is 8.41. The average Bonchev–Trinajstić information content (AvgIpc) is 3.32. The average molecular weight is 410 g/mol. The van der Waals surface area contributed by atoms with Gasteiger partial charge in [0.15, 0.2) is 0 Å². The van der Waals surface area contributed by atoms with Crippen molar-refractivity contribution in [3.05, 3.63) is 80.8 Å². The molecule has 3 heterocycles. The van der Waals surface area contributed by atoms with E-state index >= 15 is 0 Å².